The normalized spacial score (nSPS) is 13.2. The fraction of sp³-hybridized carbons (Fsp3) is 0.200. The third-order valence-corrected chi connectivity index (χ3v) is 6.23. The summed E-state index contributed by atoms with van der Waals surface area (Å²) in [6.45, 7) is 0.420. The highest BCUT2D eigenvalue weighted by molar-refractivity contribution is 6.03. The van der Waals surface area contributed by atoms with Gasteiger partial charge in [-0.25, -0.2) is 9.78 Å². The van der Waals surface area contributed by atoms with E-state index in [0.717, 1.165) is 16.6 Å². The van der Waals surface area contributed by atoms with Crippen LogP contribution in [0.1, 0.15) is 33.7 Å². The number of fused-ring (bicyclic) bond motifs is 2. The summed E-state index contributed by atoms with van der Waals surface area (Å²) in [6.07, 6.45) is 0.518. The summed E-state index contributed by atoms with van der Waals surface area (Å²) in [6, 6.07) is 18.9. The molecule has 1 atom stereocenters. The smallest absolute Gasteiger partial charge is 0.337 e. The largest absolute Gasteiger partial charge is 0.494 e. The Labute approximate surface area is 194 Å². The van der Waals surface area contributed by atoms with Crippen molar-refractivity contribution in [2.45, 2.75) is 11.8 Å². The molecule has 0 saturated heterocycles. The molecule has 0 saturated carbocycles. The lowest BCUT2D eigenvalue weighted by Gasteiger charge is -2.33. The van der Waals surface area contributed by atoms with E-state index in [1.165, 1.54) is 13.2 Å². The summed E-state index contributed by atoms with van der Waals surface area (Å²) in [5.41, 5.74) is 3.43. The molecular formula is C25H23N5O4. The van der Waals surface area contributed by atoms with Crippen LogP contribution in [-0.4, -0.2) is 57.3 Å². The van der Waals surface area contributed by atoms with Crippen LogP contribution in [0.4, 0.5) is 0 Å². The standard InChI is InChI=1S/C25H23N5O4/c1-33-14-13-25(15-7-4-3-5-8-15,17-9-6-10-18-21(17)29-30-28-18)24-26-20-16(23(31)32)11-12-19(34-2)22(20)27-24/h3-12H,13-14H2,1-2H3,(H,26,27)(H,31,32)(H,28,29,30). The molecule has 9 nitrogen and oxygen atoms in total. The minimum absolute atomic E-state index is 0.114. The van der Waals surface area contributed by atoms with Gasteiger partial charge in [-0.1, -0.05) is 47.7 Å². The Morgan fingerprint density at radius 2 is 1.85 bits per heavy atom. The lowest BCUT2D eigenvalue weighted by molar-refractivity contribution is 0.0699. The number of benzene rings is 3. The second-order valence-corrected chi connectivity index (χ2v) is 7.96. The molecule has 0 spiro atoms. The lowest BCUT2D eigenvalue weighted by atomic mass is 9.71. The third kappa shape index (κ3) is 3.29. The van der Waals surface area contributed by atoms with Gasteiger partial charge in [0.25, 0.3) is 0 Å². The second-order valence-electron chi connectivity index (χ2n) is 7.96. The van der Waals surface area contributed by atoms with Crippen LogP contribution in [0.25, 0.3) is 22.1 Å². The van der Waals surface area contributed by atoms with Crippen molar-refractivity contribution in [2.24, 2.45) is 0 Å². The van der Waals surface area contributed by atoms with E-state index in [4.69, 9.17) is 14.5 Å². The van der Waals surface area contributed by atoms with Crippen molar-refractivity contribution in [1.82, 2.24) is 25.4 Å². The molecular weight excluding hydrogens is 434 g/mol. The molecule has 34 heavy (non-hydrogen) atoms. The average molecular weight is 457 g/mol. The molecule has 0 aliphatic carbocycles. The second kappa shape index (κ2) is 8.60. The zero-order valence-electron chi connectivity index (χ0n) is 18.7. The Bertz CT molecular complexity index is 1480. The van der Waals surface area contributed by atoms with E-state index < -0.39 is 11.4 Å². The quantitative estimate of drug-likeness (QED) is 0.322. The summed E-state index contributed by atoms with van der Waals surface area (Å²) < 4.78 is 11.0. The van der Waals surface area contributed by atoms with Gasteiger partial charge in [-0.3, -0.25) is 5.10 Å². The maximum atomic E-state index is 12.0. The van der Waals surface area contributed by atoms with Crippen LogP contribution < -0.4 is 4.74 Å². The number of nitrogens with one attached hydrogen (secondary N) is 2. The third-order valence-electron chi connectivity index (χ3n) is 6.23. The Morgan fingerprint density at radius 3 is 2.59 bits per heavy atom. The van der Waals surface area contributed by atoms with Crippen LogP contribution in [0.2, 0.25) is 0 Å². The van der Waals surface area contributed by atoms with Crippen LogP contribution >= 0.6 is 0 Å². The van der Waals surface area contributed by atoms with E-state index in [9.17, 15) is 9.90 Å². The van der Waals surface area contributed by atoms with E-state index in [1.807, 2.05) is 48.5 Å². The molecule has 3 N–H and O–H groups in total. The Hall–Kier alpha value is -4.24. The molecule has 1 unspecified atom stereocenters. The molecule has 9 heteroatoms. The van der Waals surface area contributed by atoms with E-state index in [2.05, 4.69) is 20.4 Å². The van der Waals surface area contributed by atoms with Crippen molar-refractivity contribution in [1.29, 1.82) is 0 Å². The topological polar surface area (TPSA) is 126 Å². The van der Waals surface area contributed by atoms with Gasteiger partial charge in [-0.15, -0.1) is 5.10 Å². The Balaban J connectivity index is 1.91. The summed E-state index contributed by atoms with van der Waals surface area (Å²) in [7, 11) is 3.19. The molecule has 3 aromatic carbocycles. The highest BCUT2D eigenvalue weighted by Crippen LogP contribution is 2.44. The number of H-pyrrole nitrogens is 2. The summed E-state index contributed by atoms with van der Waals surface area (Å²) >= 11 is 0. The first-order valence-corrected chi connectivity index (χ1v) is 10.8. The van der Waals surface area contributed by atoms with Crippen LogP contribution in [0.15, 0.2) is 60.7 Å². The number of aromatic amines is 2. The number of aromatic carboxylic acids is 1. The molecule has 0 bridgehead atoms. The van der Waals surface area contributed by atoms with E-state index >= 15 is 0 Å². The number of hydrogen-bond donors (Lipinski definition) is 3. The fourth-order valence-electron chi connectivity index (χ4n) is 4.62. The maximum Gasteiger partial charge on any atom is 0.337 e. The number of aromatic nitrogens is 5. The molecule has 5 aromatic rings. The number of carboxylic acids is 1. The zero-order chi connectivity index (χ0) is 23.7. The van der Waals surface area contributed by atoms with Crippen molar-refractivity contribution in [2.75, 3.05) is 20.8 Å². The molecule has 0 fully saturated rings. The number of hydrogen-bond acceptors (Lipinski definition) is 6. The molecule has 2 heterocycles. The van der Waals surface area contributed by atoms with Gasteiger partial charge < -0.3 is 19.6 Å². The van der Waals surface area contributed by atoms with Crippen LogP contribution in [0, 0.1) is 0 Å². The lowest BCUT2D eigenvalue weighted by Crippen LogP contribution is -2.32. The van der Waals surface area contributed by atoms with Gasteiger partial charge in [-0.2, -0.15) is 0 Å². The van der Waals surface area contributed by atoms with Crippen LogP contribution in [0.5, 0.6) is 5.75 Å². The zero-order valence-corrected chi connectivity index (χ0v) is 18.7. The number of imidazole rings is 1. The summed E-state index contributed by atoms with van der Waals surface area (Å²) in [5, 5.41) is 21.1. The average Bonchev–Trinajstić information content (AvgIpc) is 3.52. The minimum atomic E-state index is -1.05. The number of carboxylic acid groups (broad SMARTS) is 1. The molecule has 172 valence electrons. The predicted octanol–water partition coefficient (Wildman–Crippen LogP) is 3.91. The first kappa shape index (κ1) is 21.6. The molecule has 0 radical (unpaired) electrons. The molecule has 2 aromatic heterocycles. The predicted molar refractivity (Wildman–Crippen MR) is 126 cm³/mol. The van der Waals surface area contributed by atoms with Gasteiger partial charge in [0.05, 0.1) is 29.1 Å². The highest BCUT2D eigenvalue weighted by Gasteiger charge is 2.41. The van der Waals surface area contributed by atoms with Crippen molar-refractivity contribution in [3.05, 3.63) is 83.2 Å². The van der Waals surface area contributed by atoms with E-state index in [-0.39, 0.29) is 5.56 Å². The first-order chi connectivity index (χ1) is 16.6. The van der Waals surface area contributed by atoms with E-state index in [1.54, 1.807) is 13.2 Å². The number of rotatable bonds is 8. The molecule has 5 rings (SSSR count). The van der Waals surface area contributed by atoms with E-state index in [0.29, 0.717) is 41.2 Å². The van der Waals surface area contributed by atoms with Crippen molar-refractivity contribution in [3.63, 3.8) is 0 Å². The number of carbonyl (C=O) groups is 1. The van der Waals surface area contributed by atoms with Gasteiger partial charge in [0.15, 0.2) is 0 Å². The number of methoxy groups -OCH3 is 2. The molecule has 0 aliphatic heterocycles. The number of ether oxygens (including phenoxy) is 2. The Morgan fingerprint density at radius 1 is 1.03 bits per heavy atom. The van der Waals surface area contributed by atoms with Crippen molar-refractivity contribution < 1.29 is 19.4 Å². The summed E-state index contributed by atoms with van der Waals surface area (Å²) in [5.74, 6) is -0.00671. The molecule has 0 amide bonds. The van der Waals surface area contributed by atoms with Gasteiger partial charge >= 0.3 is 5.97 Å². The Kier molecular flexibility index (Phi) is 5.46. The summed E-state index contributed by atoms with van der Waals surface area (Å²) in [4.78, 5) is 20.3. The van der Waals surface area contributed by atoms with Crippen molar-refractivity contribution >= 4 is 28.0 Å². The monoisotopic (exact) mass is 457 g/mol. The van der Waals surface area contributed by atoms with Gasteiger partial charge in [0.1, 0.15) is 22.6 Å². The fourth-order valence-corrected chi connectivity index (χ4v) is 4.62. The molecule has 0 aliphatic rings. The first-order valence-electron chi connectivity index (χ1n) is 10.8. The van der Waals surface area contributed by atoms with Gasteiger partial charge in [-0.05, 0) is 30.2 Å². The van der Waals surface area contributed by atoms with Gasteiger partial charge in [0, 0.05) is 19.3 Å². The maximum absolute atomic E-state index is 12.0. The van der Waals surface area contributed by atoms with Crippen LogP contribution in [-0.2, 0) is 10.2 Å². The van der Waals surface area contributed by atoms with Gasteiger partial charge in [0.2, 0.25) is 0 Å². The SMILES string of the molecule is COCCC(c1ccccc1)(c1nc2c(OC)ccc(C(=O)O)c2[nH]1)c1cccc2[nH]nnc12. The van der Waals surface area contributed by atoms with Crippen LogP contribution in [0.3, 0.4) is 0 Å². The number of nitrogens with zero attached hydrogens (tertiary/aromatic N) is 3. The van der Waals surface area contributed by atoms with Crippen molar-refractivity contribution in [3.8, 4) is 5.75 Å². The minimum Gasteiger partial charge on any atom is -0.494 e. The highest BCUT2D eigenvalue weighted by atomic mass is 16.5.